The standard InChI is InChI=1S/C15H18N4O2/c1-10(2)14(20)17-13-9-12(15(21)16-3)18-19(13)11-7-5-4-6-8-11/h4-10H,1-3H3,(H,16,21)(H,17,20). The van der Waals surface area contributed by atoms with Crippen LogP contribution in [0.15, 0.2) is 36.4 Å². The highest BCUT2D eigenvalue weighted by atomic mass is 16.2. The first-order valence-electron chi connectivity index (χ1n) is 6.71. The maximum absolute atomic E-state index is 11.9. The zero-order chi connectivity index (χ0) is 15.4. The van der Waals surface area contributed by atoms with Gasteiger partial charge in [-0.2, -0.15) is 5.10 Å². The maximum atomic E-state index is 11.9. The van der Waals surface area contributed by atoms with Gasteiger partial charge in [-0.05, 0) is 12.1 Å². The van der Waals surface area contributed by atoms with Gasteiger partial charge in [0.15, 0.2) is 5.69 Å². The molecule has 0 saturated carbocycles. The highest BCUT2D eigenvalue weighted by Crippen LogP contribution is 2.18. The summed E-state index contributed by atoms with van der Waals surface area (Å²) in [7, 11) is 1.54. The fourth-order valence-electron chi connectivity index (χ4n) is 1.75. The quantitative estimate of drug-likeness (QED) is 0.900. The number of nitrogens with one attached hydrogen (secondary N) is 2. The number of carbonyl (C=O) groups is 2. The summed E-state index contributed by atoms with van der Waals surface area (Å²) in [4.78, 5) is 23.6. The molecule has 2 amide bonds. The third kappa shape index (κ3) is 3.28. The number of amides is 2. The molecular weight excluding hydrogens is 268 g/mol. The third-order valence-electron chi connectivity index (χ3n) is 2.95. The van der Waals surface area contributed by atoms with E-state index in [1.807, 2.05) is 30.3 Å². The van der Waals surface area contributed by atoms with Crippen molar-refractivity contribution in [2.75, 3.05) is 12.4 Å². The largest absolute Gasteiger partial charge is 0.354 e. The van der Waals surface area contributed by atoms with Crippen LogP contribution in [0.5, 0.6) is 0 Å². The van der Waals surface area contributed by atoms with E-state index in [4.69, 9.17) is 0 Å². The fourth-order valence-corrected chi connectivity index (χ4v) is 1.75. The lowest BCUT2D eigenvalue weighted by Gasteiger charge is -2.10. The van der Waals surface area contributed by atoms with Crippen LogP contribution in [0, 0.1) is 5.92 Å². The van der Waals surface area contributed by atoms with Crippen LogP contribution in [0.1, 0.15) is 24.3 Å². The van der Waals surface area contributed by atoms with Gasteiger partial charge in [0, 0.05) is 19.0 Å². The molecule has 0 aliphatic carbocycles. The first kappa shape index (κ1) is 14.8. The molecule has 0 aliphatic rings. The molecule has 1 aromatic carbocycles. The van der Waals surface area contributed by atoms with E-state index >= 15 is 0 Å². The van der Waals surface area contributed by atoms with Gasteiger partial charge in [0.1, 0.15) is 5.82 Å². The van der Waals surface area contributed by atoms with Crippen LogP contribution in [0.25, 0.3) is 5.69 Å². The number of hydrogen-bond acceptors (Lipinski definition) is 3. The van der Waals surface area contributed by atoms with Gasteiger partial charge in [0.05, 0.1) is 5.69 Å². The first-order valence-corrected chi connectivity index (χ1v) is 6.71. The normalized spacial score (nSPS) is 10.5. The summed E-state index contributed by atoms with van der Waals surface area (Å²) < 4.78 is 1.55. The van der Waals surface area contributed by atoms with Crippen LogP contribution in [0.3, 0.4) is 0 Å². The van der Waals surface area contributed by atoms with Gasteiger partial charge in [0.2, 0.25) is 5.91 Å². The minimum absolute atomic E-state index is 0.129. The first-order chi connectivity index (χ1) is 10.0. The van der Waals surface area contributed by atoms with Crippen molar-refractivity contribution < 1.29 is 9.59 Å². The third-order valence-corrected chi connectivity index (χ3v) is 2.95. The molecule has 0 aliphatic heterocycles. The van der Waals surface area contributed by atoms with E-state index in [1.54, 1.807) is 24.6 Å². The Morgan fingerprint density at radius 2 is 1.86 bits per heavy atom. The van der Waals surface area contributed by atoms with E-state index in [0.29, 0.717) is 5.82 Å². The van der Waals surface area contributed by atoms with E-state index in [9.17, 15) is 9.59 Å². The summed E-state index contributed by atoms with van der Waals surface area (Å²) in [6, 6.07) is 10.9. The van der Waals surface area contributed by atoms with Crippen molar-refractivity contribution in [2.24, 2.45) is 5.92 Å². The molecule has 1 aromatic heterocycles. The second kappa shape index (κ2) is 6.21. The van der Waals surface area contributed by atoms with Gasteiger partial charge < -0.3 is 10.6 Å². The van der Waals surface area contributed by atoms with E-state index in [2.05, 4.69) is 15.7 Å². The maximum Gasteiger partial charge on any atom is 0.271 e. The molecule has 6 nitrogen and oxygen atoms in total. The van der Waals surface area contributed by atoms with Gasteiger partial charge >= 0.3 is 0 Å². The summed E-state index contributed by atoms with van der Waals surface area (Å²) in [5, 5.41) is 9.56. The van der Waals surface area contributed by atoms with Crippen molar-refractivity contribution in [1.82, 2.24) is 15.1 Å². The van der Waals surface area contributed by atoms with Crippen molar-refractivity contribution >= 4 is 17.6 Å². The predicted molar refractivity (Wildman–Crippen MR) is 80.4 cm³/mol. The summed E-state index contributed by atoms with van der Waals surface area (Å²) in [6.45, 7) is 3.61. The lowest BCUT2D eigenvalue weighted by Crippen LogP contribution is -2.19. The van der Waals surface area contributed by atoms with Crippen LogP contribution >= 0.6 is 0 Å². The molecule has 0 fully saturated rings. The second-order valence-corrected chi connectivity index (χ2v) is 4.89. The highest BCUT2D eigenvalue weighted by Gasteiger charge is 2.17. The van der Waals surface area contributed by atoms with Crippen LogP contribution in [0.2, 0.25) is 0 Å². The molecule has 2 aromatic rings. The van der Waals surface area contributed by atoms with Crippen LogP contribution in [-0.4, -0.2) is 28.6 Å². The Morgan fingerprint density at radius 3 is 2.43 bits per heavy atom. The number of aromatic nitrogens is 2. The minimum atomic E-state index is -0.301. The molecule has 2 rings (SSSR count). The van der Waals surface area contributed by atoms with Crippen molar-refractivity contribution in [1.29, 1.82) is 0 Å². The Morgan fingerprint density at radius 1 is 1.19 bits per heavy atom. The molecule has 110 valence electrons. The summed E-state index contributed by atoms with van der Waals surface area (Å²) in [6.07, 6.45) is 0. The summed E-state index contributed by atoms with van der Waals surface area (Å²) in [5.41, 5.74) is 1.02. The second-order valence-electron chi connectivity index (χ2n) is 4.89. The van der Waals surface area contributed by atoms with Crippen molar-refractivity contribution in [3.8, 4) is 5.69 Å². The lowest BCUT2D eigenvalue weighted by atomic mass is 10.2. The Kier molecular flexibility index (Phi) is 4.37. The molecular formula is C15H18N4O2. The van der Waals surface area contributed by atoms with Crippen LogP contribution in [-0.2, 0) is 4.79 Å². The number of benzene rings is 1. The van der Waals surface area contributed by atoms with E-state index in [-0.39, 0.29) is 23.4 Å². The molecule has 0 unspecified atom stereocenters. The average Bonchev–Trinajstić information content (AvgIpc) is 2.91. The Bertz CT molecular complexity index is 647. The predicted octanol–water partition coefficient (Wildman–Crippen LogP) is 1.83. The number of para-hydroxylation sites is 1. The van der Waals surface area contributed by atoms with Gasteiger partial charge in [-0.3, -0.25) is 9.59 Å². The van der Waals surface area contributed by atoms with Crippen LogP contribution in [0.4, 0.5) is 5.82 Å². The molecule has 0 radical (unpaired) electrons. The van der Waals surface area contributed by atoms with E-state index in [0.717, 1.165) is 5.69 Å². The molecule has 2 N–H and O–H groups in total. The van der Waals surface area contributed by atoms with Crippen molar-refractivity contribution in [3.63, 3.8) is 0 Å². The number of nitrogens with zero attached hydrogens (tertiary/aromatic N) is 2. The van der Waals surface area contributed by atoms with Gasteiger partial charge in [-0.25, -0.2) is 4.68 Å². The summed E-state index contributed by atoms with van der Waals surface area (Å²) >= 11 is 0. The minimum Gasteiger partial charge on any atom is -0.354 e. The Balaban J connectivity index is 2.44. The topological polar surface area (TPSA) is 76.0 Å². The smallest absolute Gasteiger partial charge is 0.271 e. The number of carbonyl (C=O) groups excluding carboxylic acids is 2. The molecule has 0 spiro atoms. The molecule has 0 bridgehead atoms. The van der Waals surface area contributed by atoms with E-state index in [1.165, 1.54) is 7.05 Å². The van der Waals surface area contributed by atoms with Gasteiger partial charge in [0.25, 0.3) is 5.91 Å². The SMILES string of the molecule is CNC(=O)c1cc(NC(=O)C(C)C)n(-c2ccccc2)n1. The monoisotopic (exact) mass is 286 g/mol. The lowest BCUT2D eigenvalue weighted by molar-refractivity contribution is -0.118. The summed E-state index contributed by atoms with van der Waals surface area (Å²) in [5.74, 6) is -0.119. The Labute approximate surface area is 123 Å². The zero-order valence-corrected chi connectivity index (χ0v) is 12.3. The number of rotatable bonds is 4. The molecule has 1 heterocycles. The zero-order valence-electron chi connectivity index (χ0n) is 12.3. The van der Waals surface area contributed by atoms with Gasteiger partial charge in [-0.15, -0.1) is 0 Å². The molecule has 6 heteroatoms. The molecule has 0 atom stereocenters. The number of hydrogen-bond donors (Lipinski definition) is 2. The average molecular weight is 286 g/mol. The van der Waals surface area contributed by atoms with Crippen molar-refractivity contribution in [2.45, 2.75) is 13.8 Å². The van der Waals surface area contributed by atoms with Crippen molar-refractivity contribution in [3.05, 3.63) is 42.1 Å². The van der Waals surface area contributed by atoms with Gasteiger partial charge in [-0.1, -0.05) is 32.0 Å². The molecule has 21 heavy (non-hydrogen) atoms. The number of anilines is 1. The highest BCUT2D eigenvalue weighted by molar-refractivity contribution is 5.96. The fraction of sp³-hybridized carbons (Fsp3) is 0.267. The van der Waals surface area contributed by atoms with E-state index < -0.39 is 0 Å². The van der Waals surface area contributed by atoms with Crippen LogP contribution < -0.4 is 10.6 Å². The molecule has 0 saturated heterocycles. The Hall–Kier alpha value is -2.63.